The molecule has 0 aliphatic heterocycles. The minimum atomic E-state index is -0.0704. The molecule has 0 aliphatic carbocycles. The first-order chi connectivity index (χ1) is 12.1. The molecule has 7 heteroatoms. The summed E-state index contributed by atoms with van der Waals surface area (Å²) in [6, 6.07) is 5.86. The molecule has 25 heavy (non-hydrogen) atoms. The van der Waals surface area contributed by atoms with Gasteiger partial charge < -0.3 is 25.4 Å². The van der Waals surface area contributed by atoms with Crippen LogP contribution in [0.1, 0.15) is 25.8 Å². The zero-order valence-electron chi connectivity index (χ0n) is 15.6. The van der Waals surface area contributed by atoms with E-state index in [1.54, 1.807) is 14.2 Å². The van der Waals surface area contributed by atoms with Crippen molar-refractivity contribution < 1.29 is 14.3 Å². The number of methoxy groups -OCH3 is 2. The molecule has 1 rings (SSSR count). The minimum Gasteiger partial charge on any atom is -0.493 e. The highest BCUT2D eigenvalue weighted by Crippen LogP contribution is 2.27. The predicted octanol–water partition coefficient (Wildman–Crippen LogP) is 1.33. The lowest BCUT2D eigenvalue weighted by molar-refractivity contribution is -0.119. The number of nitrogens with one attached hydrogen (secondary N) is 3. The maximum Gasteiger partial charge on any atom is 0.241 e. The van der Waals surface area contributed by atoms with E-state index in [2.05, 4.69) is 20.9 Å². The summed E-state index contributed by atoms with van der Waals surface area (Å²) in [4.78, 5) is 15.9. The van der Waals surface area contributed by atoms with Crippen LogP contribution in [0.15, 0.2) is 23.2 Å². The lowest BCUT2D eigenvalue weighted by atomic mass is 10.1. The van der Waals surface area contributed by atoms with Gasteiger partial charge in [0.05, 0.1) is 14.2 Å². The molecule has 0 spiro atoms. The van der Waals surface area contributed by atoms with Crippen LogP contribution in [0, 0.1) is 0 Å². The Labute approximate surface area is 150 Å². The van der Waals surface area contributed by atoms with Crippen molar-refractivity contribution in [2.24, 2.45) is 4.99 Å². The Kier molecular flexibility index (Phi) is 9.89. The molecular weight excluding hydrogens is 320 g/mol. The van der Waals surface area contributed by atoms with E-state index in [-0.39, 0.29) is 12.5 Å². The third-order valence-corrected chi connectivity index (χ3v) is 3.45. The highest BCUT2D eigenvalue weighted by Gasteiger charge is 2.05. The van der Waals surface area contributed by atoms with Crippen LogP contribution in [-0.2, 0) is 11.2 Å². The third-order valence-electron chi connectivity index (χ3n) is 3.45. The first-order valence-corrected chi connectivity index (χ1v) is 8.64. The van der Waals surface area contributed by atoms with Crippen LogP contribution in [0.5, 0.6) is 11.5 Å². The molecule has 0 atom stereocenters. The molecule has 140 valence electrons. The van der Waals surface area contributed by atoms with Gasteiger partial charge in [0.2, 0.25) is 5.91 Å². The molecule has 0 saturated carbocycles. The minimum absolute atomic E-state index is 0.0704. The summed E-state index contributed by atoms with van der Waals surface area (Å²) in [5, 5.41) is 9.18. The van der Waals surface area contributed by atoms with Gasteiger partial charge in [0, 0.05) is 19.6 Å². The summed E-state index contributed by atoms with van der Waals surface area (Å²) in [5.74, 6) is 1.99. The Hall–Kier alpha value is -2.44. The quantitative estimate of drug-likeness (QED) is 0.438. The topological polar surface area (TPSA) is 84.0 Å². The molecule has 0 heterocycles. The summed E-state index contributed by atoms with van der Waals surface area (Å²) in [5.41, 5.74) is 1.13. The number of nitrogens with zero attached hydrogens (tertiary/aromatic N) is 1. The van der Waals surface area contributed by atoms with Crippen molar-refractivity contribution in [1.29, 1.82) is 0 Å². The van der Waals surface area contributed by atoms with E-state index >= 15 is 0 Å². The van der Waals surface area contributed by atoms with E-state index in [0.717, 1.165) is 24.9 Å². The second-order valence-corrected chi connectivity index (χ2v) is 5.41. The summed E-state index contributed by atoms with van der Waals surface area (Å²) < 4.78 is 10.6. The van der Waals surface area contributed by atoms with Crippen molar-refractivity contribution in [3.8, 4) is 11.5 Å². The van der Waals surface area contributed by atoms with Crippen molar-refractivity contribution in [2.75, 3.05) is 40.4 Å². The number of carbonyl (C=O) groups excluding carboxylic acids is 1. The fourth-order valence-corrected chi connectivity index (χ4v) is 2.17. The van der Waals surface area contributed by atoms with Crippen molar-refractivity contribution in [1.82, 2.24) is 16.0 Å². The van der Waals surface area contributed by atoms with Crippen molar-refractivity contribution >= 4 is 11.9 Å². The lowest BCUT2D eigenvalue weighted by Crippen LogP contribution is -2.39. The van der Waals surface area contributed by atoms with Crippen molar-refractivity contribution in [3.05, 3.63) is 23.8 Å². The zero-order chi connectivity index (χ0) is 18.5. The van der Waals surface area contributed by atoms with Gasteiger partial charge in [-0.1, -0.05) is 13.0 Å². The number of guanidine groups is 1. The van der Waals surface area contributed by atoms with Gasteiger partial charge in [-0.05, 0) is 37.5 Å². The third kappa shape index (κ3) is 7.78. The number of hydrogen-bond donors (Lipinski definition) is 3. The van der Waals surface area contributed by atoms with Crippen LogP contribution >= 0.6 is 0 Å². The van der Waals surface area contributed by atoms with Crippen LogP contribution < -0.4 is 25.4 Å². The molecule has 0 bridgehead atoms. The zero-order valence-corrected chi connectivity index (χ0v) is 15.6. The number of rotatable bonds is 10. The van der Waals surface area contributed by atoms with Gasteiger partial charge in [0.25, 0.3) is 0 Å². The molecule has 0 aliphatic rings. The van der Waals surface area contributed by atoms with Gasteiger partial charge in [-0.3, -0.25) is 4.79 Å². The van der Waals surface area contributed by atoms with Crippen molar-refractivity contribution in [2.45, 2.75) is 26.7 Å². The highest BCUT2D eigenvalue weighted by molar-refractivity contribution is 5.84. The smallest absolute Gasteiger partial charge is 0.241 e. The first kappa shape index (κ1) is 20.6. The molecule has 0 radical (unpaired) electrons. The predicted molar refractivity (Wildman–Crippen MR) is 101 cm³/mol. The first-order valence-electron chi connectivity index (χ1n) is 8.64. The lowest BCUT2D eigenvalue weighted by Gasteiger charge is -2.12. The van der Waals surface area contributed by atoms with E-state index < -0.39 is 0 Å². The molecule has 0 aromatic heterocycles. The van der Waals surface area contributed by atoms with Crippen molar-refractivity contribution in [3.63, 3.8) is 0 Å². The Morgan fingerprint density at radius 1 is 1.04 bits per heavy atom. The maximum absolute atomic E-state index is 11.6. The molecule has 7 nitrogen and oxygen atoms in total. The Balaban J connectivity index is 2.53. The summed E-state index contributed by atoms with van der Waals surface area (Å²) in [6.45, 7) is 6.23. The number of hydrogen-bond acceptors (Lipinski definition) is 4. The summed E-state index contributed by atoms with van der Waals surface area (Å²) in [7, 11) is 3.24. The van der Waals surface area contributed by atoms with Gasteiger partial charge in [0.1, 0.15) is 6.54 Å². The van der Waals surface area contributed by atoms with Crippen LogP contribution in [0.25, 0.3) is 0 Å². The Morgan fingerprint density at radius 3 is 2.44 bits per heavy atom. The van der Waals surface area contributed by atoms with E-state index in [4.69, 9.17) is 9.47 Å². The molecule has 1 aromatic carbocycles. The standard InChI is InChI=1S/C18H30N4O3/c1-5-10-20-17(23)13-22-18(19-6-2)21-11-9-14-7-8-15(24-3)16(12-14)25-4/h7-8,12H,5-6,9-11,13H2,1-4H3,(H,20,23)(H2,19,21,22). The Bertz CT molecular complexity index is 561. The van der Waals surface area contributed by atoms with E-state index in [1.807, 2.05) is 32.0 Å². The van der Waals surface area contributed by atoms with Gasteiger partial charge in [-0.2, -0.15) is 0 Å². The van der Waals surface area contributed by atoms with E-state index in [9.17, 15) is 4.79 Å². The van der Waals surface area contributed by atoms with Gasteiger partial charge in [-0.25, -0.2) is 4.99 Å². The molecule has 0 fully saturated rings. The number of carbonyl (C=O) groups is 1. The highest BCUT2D eigenvalue weighted by atomic mass is 16.5. The van der Waals surface area contributed by atoms with Gasteiger partial charge in [-0.15, -0.1) is 0 Å². The fraction of sp³-hybridized carbons (Fsp3) is 0.556. The SMILES string of the molecule is CCCNC(=O)CN=C(NCC)NCCc1ccc(OC)c(OC)c1. The molecule has 1 amide bonds. The van der Waals surface area contributed by atoms with E-state index in [0.29, 0.717) is 30.5 Å². The number of ether oxygens (including phenoxy) is 2. The number of amides is 1. The maximum atomic E-state index is 11.6. The normalized spacial score (nSPS) is 11.0. The molecule has 3 N–H and O–H groups in total. The second kappa shape index (κ2) is 12.0. The van der Waals surface area contributed by atoms with Gasteiger partial charge in [0.15, 0.2) is 17.5 Å². The fourth-order valence-electron chi connectivity index (χ4n) is 2.17. The van der Waals surface area contributed by atoms with Crippen LogP contribution in [0.4, 0.5) is 0 Å². The molecule has 1 aromatic rings. The monoisotopic (exact) mass is 350 g/mol. The van der Waals surface area contributed by atoms with Crippen LogP contribution in [0.3, 0.4) is 0 Å². The van der Waals surface area contributed by atoms with Crippen LogP contribution in [-0.4, -0.2) is 52.3 Å². The summed E-state index contributed by atoms with van der Waals surface area (Å²) >= 11 is 0. The average molecular weight is 350 g/mol. The number of benzene rings is 1. The van der Waals surface area contributed by atoms with Gasteiger partial charge >= 0.3 is 0 Å². The second-order valence-electron chi connectivity index (χ2n) is 5.41. The average Bonchev–Trinajstić information content (AvgIpc) is 2.64. The number of aliphatic imine (C=N–C) groups is 1. The molecular formula is C18H30N4O3. The van der Waals surface area contributed by atoms with E-state index in [1.165, 1.54) is 0 Å². The molecule has 0 unspecified atom stereocenters. The molecule has 0 saturated heterocycles. The van der Waals surface area contributed by atoms with Crippen LogP contribution in [0.2, 0.25) is 0 Å². The summed E-state index contributed by atoms with van der Waals surface area (Å²) in [6.07, 6.45) is 1.71. The Morgan fingerprint density at radius 2 is 1.80 bits per heavy atom. The largest absolute Gasteiger partial charge is 0.493 e.